The Morgan fingerprint density at radius 2 is 1.57 bits per heavy atom. The van der Waals surface area contributed by atoms with E-state index in [1.54, 1.807) is 7.11 Å². The van der Waals surface area contributed by atoms with Crippen molar-refractivity contribution in [2.75, 3.05) is 12.4 Å². The number of carbonyl (C=O) groups excluding carboxylic acids is 1. The normalized spacial score (nSPS) is 11.1. The first-order chi connectivity index (χ1) is 11.1. The maximum atomic E-state index is 11.8. The lowest BCUT2D eigenvalue weighted by Crippen LogP contribution is -2.19. The van der Waals surface area contributed by atoms with Gasteiger partial charge in [0.1, 0.15) is 5.75 Å². The van der Waals surface area contributed by atoms with Crippen LogP contribution in [-0.4, -0.2) is 13.0 Å². The third kappa shape index (κ3) is 4.89. The van der Waals surface area contributed by atoms with Crippen molar-refractivity contribution in [1.82, 2.24) is 0 Å². The molecule has 0 fully saturated rings. The summed E-state index contributed by atoms with van der Waals surface area (Å²) in [5.41, 5.74) is 2.63. The highest BCUT2D eigenvalue weighted by Gasteiger charge is 2.09. The van der Waals surface area contributed by atoms with Crippen molar-refractivity contribution in [1.29, 1.82) is 0 Å². The van der Waals surface area contributed by atoms with E-state index in [1.165, 1.54) is 0 Å². The van der Waals surface area contributed by atoms with Gasteiger partial charge < -0.3 is 10.1 Å². The van der Waals surface area contributed by atoms with E-state index in [0.29, 0.717) is 0 Å². The number of rotatable bonds is 4. The van der Waals surface area contributed by atoms with Crippen molar-refractivity contribution in [2.45, 2.75) is 20.3 Å². The maximum Gasteiger partial charge on any atom is 0.227 e. The lowest BCUT2D eigenvalue weighted by Gasteiger charge is -2.09. The van der Waals surface area contributed by atoms with Crippen molar-refractivity contribution in [3.63, 3.8) is 0 Å². The molecule has 0 spiro atoms. The fourth-order valence-electron chi connectivity index (χ4n) is 1.91. The van der Waals surface area contributed by atoms with E-state index in [0.717, 1.165) is 29.0 Å². The molecule has 0 saturated carbocycles. The minimum atomic E-state index is 0.0181. The summed E-state index contributed by atoms with van der Waals surface area (Å²) < 4.78 is 5.12. The standard InChI is InChI=1S/C20H21NO2/c1-4-15(2)20(22)21-18-11-7-16(8-12-18)5-6-17-9-13-19(23-3)14-10-17/h7-15H,4H2,1-3H3,(H,21,22). The van der Waals surface area contributed by atoms with Crippen LogP contribution in [0.5, 0.6) is 5.75 Å². The molecule has 3 heteroatoms. The van der Waals surface area contributed by atoms with E-state index >= 15 is 0 Å². The zero-order chi connectivity index (χ0) is 16.7. The zero-order valence-corrected chi connectivity index (χ0v) is 13.7. The summed E-state index contributed by atoms with van der Waals surface area (Å²) in [6, 6.07) is 15.2. The van der Waals surface area contributed by atoms with Gasteiger partial charge in [-0.15, -0.1) is 0 Å². The highest BCUT2D eigenvalue weighted by Crippen LogP contribution is 2.13. The van der Waals surface area contributed by atoms with Gasteiger partial charge in [-0.05, 0) is 55.0 Å². The molecule has 1 unspecified atom stereocenters. The fourth-order valence-corrected chi connectivity index (χ4v) is 1.91. The van der Waals surface area contributed by atoms with Crippen LogP contribution in [0.15, 0.2) is 48.5 Å². The van der Waals surface area contributed by atoms with E-state index in [-0.39, 0.29) is 11.8 Å². The van der Waals surface area contributed by atoms with Gasteiger partial charge in [0, 0.05) is 22.7 Å². The Morgan fingerprint density at radius 1 is 1.04 bits per heavy atom. The molecule has 3 nitrogen and oxygen atoms in total. The Labute approximate surface area is 137 Å². The molecular formula is C20H21NO2. The van der Waals surface area contributed by atoms with Crippen LogP contribution in [0.2, 0.25) is 0 Å². The summed E-state index contributed by atoms with van der Waals surface area (Å²) in [6.07, 6.45) is 0.831. The van der Waals surface area contributed by atoms with Crippen LogP contribution in [0.25, 0.3) is 0 Å². The monoisotopic (exact) mass is 307 g/mol. The molecule has 1 N–H and O–H groups in total. The molecule has 1 amide bonds. The topological polar surface area (TPSA) is 38.3 Å². The van der Waals surface area contributed by atoms with Crippen LogP contribution in [0.4, 0.5) is 5.69 Å². The highest BCUT2D eigenvalue weighted by atomic mass is 16.5. The molecule has 0 saturated heterocycles. The van der Waals surface area contributed by atoms with E-state index in [1.807, 2.05) is 62.4 Å². The van der Waals surface area contributed by atoms with Crippen molar-refractivity contribution in [3.8, 4) is 17.6 Å². The first-order valence-electron chi connectivity index (χ1n) is 7.69. The number of amides is 1. The average Bonchev–Trinajstić information content (AvgIpc) is 2.60. The van der Waals surface area contributed by atoms with E-state index < -0.39 is 0 Å². The van der Waals surface area contributed by atoms with Crippen LogP contribution < -0.4 is 10.1 Å². The molecule has 0 heterocycles. The Hall–Kier alpha value is -2.73. The van der Waals surface area contributed by atoms with Gasteiger partial charge in [0.2, 0.25) is 5.91 Å². The SMILES string of the molecule is CCC(C)C(=O)Nc1ccc(C#Cc2ccc(OC)cc2)cc1. The van der Waals surface area contributed by atoms with Crippen LogP contribution in [-0.2, 0) is 4.79 Å². The molecular weight excluding hydrogens is 286 g/mol. The Kier molecular flexibility index (Phi) is 5.82. The Balaban J connectivity index is 2.02. The molecule has 0 aliphatic carbocycles. The van der Waals surface area contributed by atoms with Crippen LogP contribution >= 0.6 is 0 Å². The summed E-state index contributed by atoms with van der Waals surface area (Å²) in [5, 5.41) is 2.91. The Bertz CT molecular complexity index is 706. The summed E-state index contributed by atoms with van der Waals surface area (Å²) in [4.78, 5) is 11.8. The number of methoxy groups -OCH3 is 1. The fraction of sp³-hybridized carbons (Fsp3) is 0.250. The summed E-state index contributed by atoms with van der Waals surface area (Å²) >= 11 is 0. The van der Waals surface area contributed by atoms with E-state index in [4.69, 9.17) is 4.74 Å². The second kappa shape index (κ2) is 8.05. The molecule has 1 atom stereocenters. The predicted octanol–water partition coefficient (Wildman–Crippen LogP) is 4.08. The zero-order valence-electron chi connectivity index (χ0n) is 13.7. The van der Waals surface area contributed by atoms with Gasteiger partial charge in [0.25, 0.3) is 0 Å². The van der Waals surface area contributed by atoms with Crippen molar-refractivity contribution in [2.24, 2.45) is 5.92 Å². The number of anilines is 1. The van der Waals surface area contributed by atoms with Crippen molar-refractivity contribution < 1.29 is 9.53 Å². The Morgan fingerprint density at radius 3 is 2.04 bits per heavy atom. The highest BCUT2D eigenvalue weighted by molar-refractivity contribution is 5.92. The van der Waals surface area contributed by atoms with Crippen LogP contribution in [0.1, 0.15) is 31.4 Å². The minimum Gasteiger partial charge on any atom is -0.497 e. The number of hydrogen-bond acceptors (Lipinski definition) is 2. The average molecular weight is 307 g/mol. The molecule has 2 rings (SSSR count). The van der Waals surface area contributed by atoms with Gasteiger partial charge in [-0.2, -0.15) is 0 Å². The second-order valence-electron chi connectivity index (χ2n) is 5.35. The molecule has 0 aromatic heterocycles. The molecule has 23 heavy (non-hydrogen) atoms. The smallest absolute Gasteiger partial charge is 0.227 e. The van der Waals surface area contributed by atoms with Gasteiger partial charge in [-0.25, -0.2) is 0 Å². The molecule has 118 valence electrons. The largest absolute Gasteiger partial charge is 0.497 e. The van der Waals surface area contributed by atoms with Crippen molar-refractivity contribution in [3.05, 3.63) is 59.7 Å². The van der Waals surface area contributed by atoms with Crippen molar-refractivity contribution >= 4 is 11.6 Å². The molecule has 0 bridgehead atoms. The van der Waals surface area contributed by atoms with Crippen LogP contribution in [0, 0.1) is 17.8 Å². The quantitative estimate of drug-likeness (QED) is 0.864. The molecule has 2 aromatic carbocycles. The minimum absolute atomic E-state index is 0.0181. The third-order valence-electron chi connectivity index (χ3n) is 3.65. The summed E-state index contributed by atoms with van der Waals surface area (Å²) in [7, 11) is 1.64. The summed E-state index contributed by atoms with van der Waals surface area (Å²) in [5.74, 6) is 7.10. The van der Waals surface area contributed by atoms with Gasteiger partial charge >= 0.3 is 0 Å². The number of nitrogens with one attached hydrogen (secondary N) is 1. The van der Waals surface area contributed by atoms with E-state index in [9.17, 15) is 4.79 Å². The molecule has 2 aromatic rings. The molecule has 0 aliphatic heterocycles. The molecule has 0 radical (unpaired) electrons. The number of carbonyl (C=O) groups is 1. The third-order valence-corrected chi connectivity index (χ3v) is 3.65. The summed E-state index contributed by atoms with van der Waals surface area (Å²) in [6.45, 7) is 3.92. The maximum absolute atomic E-state index is 11.8. The van der Waals surface area contributed by atoms with Gasteiger partial charge in [0.15, 0.2) is 0 Å². The first kappa shape index (κ1) is 16.6. The lowest BCUT2D eigenvalue weighted by atomic mass is 10.1. The lowest BCUT2D eigenvalue weighted by molar-refractivity contribution is -0.119. The number of hydrogen-bond donors (Lipinski definition) is 1. The van der Waals surface area contributed by atoms with E-state index in [2.05, 4.69) is 17.2 Å². The van der Waals surface area contributed by atoms with Crippen LogP contribution in [0.3, 0.4) is 0 Å². The van der Waals surface area contributed by atoms with Gasteiger partial charge in [-0.1, -0.05) is 25.7 Å². The van der Waals surface area contributed by atoms with Gasteiger partial charge in [0.05, 0.1) is 7.11 Å². The van der Waals surface area contributed by atoms with Gasteiger partial charge in [-0.3, -0.25) is 4.79 Å². The predicted molar refractivity (Wildman–Crippen MR) is 93.5 cm³/mol. The number of ether oxygens (including phenoxy) is 1. The first-order valence-corrected chi connectivity index (χ1v) is 7.69. The molecule has 0 aliphatic rings. The number of benzene rings is 2. The second-order valence-corrected chi connectivity index (χ2v) is 5.35.